The number of hydrogen-bond donors (Lipinski definition) is 1. The Bertz CT molecular complexity index is 290. The fourth-order valence-corrected chi connectivity index (χ4v) is 3.25. The summed E-state index contributed by atoms with van der Waals surface area (Å²) in [4.78, 5) is 12.0. The topological polar surface area (TPSA) is 38.3 Å². The van der Waals surface area contributed by atoms with Crippen molar-refractivity contribution < 1.29 is 9.53 Å². The lowest BCUT2D eigenvalue weighted by molar-refractivity contribution is -0.161. The molecule has 18 heavy (non-hydrogen) atoms. The van der Waals surface area contributed by atoms with E-state index in [4.69, 9.17) is 4.74 Å². The van der Waals surface area contributed by atoms with Crippen LogP contribution in [-0.2, 0) is 9.53 Å². The molecule has 2 fully saturated rings. The summed E-state index contributed by atoms with van der Waals surface area (Å²) in [7, 11) is 0. The van der Waals surface area contributed by atoms with Gasteiger partial charge in [-0.2, -0.15) is 0 Å². The summed E-state index contributed by atoms with van der Waals surface area (Å²) < 4.78 is 5.49. The Morgan fingerprint density at radius 2 is 1.83 bits per heavy atom. The zero-order chi connectivity index (χ0) is 13.2. The van der Waals surface area contributed by atoms with Crippen LogP contribution in [0.2, 0.25) is 0 Å². The lowest BCUT2D eigenvalue weighted by Gasteiger charge is -2.43. The third-order valence-corrected chi connectivity index (χ3v) is 4.26. The maximum absolute atomic E-state index is 12.0. The fraction of sp³-hybridized carbons (Fsp3) is 0.933. The first-order valence-electron chi connectivity index (χ1n) is 7.38. The maximum atomic E-state index is 12.0. The summed E-state index contributed by atoms with van der Waals surface area (Å²) in [6, 6.07) is 0. The number of carbonyl (C=O) groups excluding carboxylic acids is 1. The van der Waals surface area contributed by atoms with Crippen molar-refractivity contribution in [2.75, 3.05) is 6.54 Å². The molecule has 1 saturated carbocycles. The molecule has 1 N–H and O–H groups in total. The molecule has 2 rings (SSSR count). The molecule has 0 radical (unpaired) electrons. The molecular weight excluding hydrogens is 226 g/mol. The molecule has 0 amide bonds. The summed E-state index contributed by atoms with van der Waals surface area (Å²) in [5.74, 6) is 0.131. The third-order valence-electron chi connectivity index (χ3n) is 4.26. The summed E-state index contributed by atoms with van der Waals surface area (Å²) in [5.41, 5.74) is -0.00787. The van der Waals surface area contributed by atoms with Gasteiger partial charge in [-0.3, -0.25) is 4.79 Å². The molecule has 0 unspecified atom stereocenters. The molecule has 2 aliphatic rings. The Labute approximate surface area is 111 Å². The largest absolute Gasteiger partial charge is 0.460 e. The van der Waals surface area contributed by atoms with Crippen molar-refractivity contribution in [3.8, 4) is 0 Å². The van der Waals surface area contributed by atoms with E-state index in [0.717, 1.165) is 32.2 Å². The van der Waals surface area contributed by atoms with Crippen LogP contribution >= 0.6 is 0 Å². The number of hydrogen-bond acceptors (Lipinski definition) is 3. The smallest absolute Gasteiger partial charge is 0.309 e. The standard InChI is InChI=1S/C15H27NO2/c1-14(2,3)18-13(17)12-6-9-15(10-7-12)8-4-5-11-16-15/h12,16H,4-11H2,1-3H3. The second-order valence-corrected chi connectivity index (χ2v) is 6.97. The van der Waals surface area contributed by atoms with Crippen LogP contribution in [0.4, 0.5) is 0 Å². The van der Waals surface area contributed by atoms with Gasteiger partial charge in [0.15, 0.2) is 0 Å². The van der Waals surface area contributed by atoms with Gasteiger partial charge >= 0.3 is 5.97 Å². The predicted octanol–water partition coefficient (Wildman–Crippen LogP) is 3.03. The van der Waals surface area contributed by atoms with E-state index in [1.807, 2.05) is 20.8 Å². The molecule has 104 valence electrons. The molecular formula is C15H27NO2. The SMILES string of the molecule is CC(C)(C)OC(=O)C1CCC2(CCCCN2)CC1. The monoisotopic (exact) mass is 253 g/mol. The van der Waals surface area contributed by atoms with Crippen LogP contribution in [0.15, 0.2) is 0 Å². The van der Waals surface area contributed by atoms with Gasteiger partial charge in [0.05, 0.1) is 5.92 Å². The van der Waals surface area contributed by atoms with Crippen molar-refractivity contribution in [3.05, 3.63) is 0 Å². The van der Waals surface area contributed by atoms with Crippen LogP contribution in [0, 0.1) is 5.92 Å². The molecule has 1 spiro atoms. The van der Waals surface area contributed by atoms with E-state index in [0.29, 0.717) is 5.54 Å². The quantitative estimate of drug-likeness (QED) is 0.730. The highest BCUT2D eigenvalue weighted by Crippen LogP contribution is 2.38. The number of carbonyl (C=O) groups is 1. The highest BCUT2D eigenvalue weighted by molar-refractivity contribution is 5.73. The van der Waals surface area contributed by atoms with Crippen molar-refractivity contribution in [1.29, 1.82) is 0 Å². The van der Waals surface area contributed by atoms with E-state index in [9.17, 15) is 4.79 Å². The van der Waals surface area contributed by atoms with Gasteiger partial charge in [-0.1, -0.05) is 6.42 Å². The van der Waals surface area contributed by atoms with Crippen molar-refractivity contribution in [2.45, 2.75) is 76.9 Å². The van der Waals surface area contributed by atoms with Crippen LogP contribution in [0.5, 0.6) is 0 Å². The minimum atomic E-state index is -0.352. The van der Waals surface area contributed by atoms with Crippen LogP contribution in [0.1, 0.15) is 65.7 Å². The van der Waals surface area contributed by atoms with Crippen LogP contribution < -0.4 is 5.32 Å². The average molecular weight is 253 g/mol. The van der Waals surface area contributed by atoms with Gasteiger partial charge in [0.25, 0.3) is 0 Å². The van der Waals surface area contributed by atoms with E-state index in [1.165, 1.54) is 19.3 Å². The van der Waals surface area contributed by atoms with E-state index in [1.54, 1.807) is 0 Å². The number of nitrogens with one attached hydrogen (secondary N) is 1. The Morgan fingerprint density at radius 1 is 1.17 bits per heavy atom. The fourth-order valence-electron chi connectivity index (χ4n) is 3.25. The van der Waals surface area contributed by atoms with Gasteiger partial charge < -0.3 is 10.1 Å². The van der Waals surface area contributed by atoms with Crippen molar-refractivity contribution >= 4 is 5.97 Å². The van der Waals surface area contributed by atoms with E-state index < -0.39 is 0 Å². The zero-order valence-electron chi connectivity index (χ0n) is 12.1. The highest BCUT2D eigenvalue weighted by Gasteiger charge is 2.39. The zero-order valence-corrected chi connectivity index (χ0v) is 12.1. The van der Waals surface area contributed by atoms with E-state index >= 15 is 0 Å². The van der Waals surface area contributed by atoms with Crippen LogP contribution in [0.25, 0.3) is 0 Å². The lowest BCUT2D eigenvalue weighted by atomic mass is 9.72. The molecule has 3 heteroatoms. The average Bonchev–Trinajstić information content (AvgIpc) is 2.28. The molecule has 0 aromatic carbocycles. The molecule has 1 heterocycles. The van der Waals surface area contributed by atoms with Gasteiger partial charge in [0.2, 0.25) is 0 Å². The normalized spacial score (nSPS) is 33.4. The summed E-state index contributed by atoms with van der Waals surface area (Å²) in [6.07, 6.45) is 8.17. The Balaban J connectivity index is 1.84. The number of piperidine rings is 1. The van der Waals surface area contributed by atoms with Gasteiger partial charge in [-0.15, -0.1) is 0 Å². The van der Waals surface area contributed by atoms with Gasteiger partial charge in [-0.05, 0) is 65.8 Å². The summed E-state index contributed by atoms with van der Waals surface area (Å²) in [5, 5.41) is 3.69. The lowest BCUT2D eigenvalue weighted by Crippen LogP contribution is -2.51. The van der Waals surface area contributed by atoms with Gasteiger partial charge in [0, 0.05) is 5.54 Å². The van der Waals surface area contributed by atoms with Gasteiger partial charge in [-0.25, -0.2) is 0 Å². The van der Waals surface area contributed by atoms with Gasteiger partial charge in [0.1, 0.15) is 5.60 Å². The van der Waals surface area contributed by atoms with E-state index in [2.05, 4.69) is 5.32 Å². The first kappa shape index (κ1) is 13.9. The molecule has 1 saturated heterocycles. The molecule has 1 aliphatic heterocycles. The number of ether oxygens (including phenoxy) is 1. The molecule has 0 aromatic rings. The van der Waals surface area contributed by atoms with Crippen molar-refractivity contribution in [2.24, 2.45) is 5.92 Å². The highest BCUT2D eigenvalue weighted by atomic mass is 16.6. The minimum absolute atomic E-state index is 0.00756. The van der Waals surface area contributed by atoms with E-state index in [-0.39, 0.29) is 17.5 Å². The second-order valence-electron chi connectivity index (χ2n) is 6.97. The van der Waals surface area contributed by atoms with Crippen molar-refractivity contribution in [3.63, 3.8) is 0 Å². The first-order chi connectivity index (χ1) is 8.40. The molecule has 3 nitrogen and oxygen atoms in total. The molecule has 0 atom stereocenters. The number of esters is 1. The first-order valence-corrected chi connectivity index (χ1v) is 7.38. The maximum Gasteiger partial charge on any atom is 0.309 e. The third kappa shape index (κ3) is 3.47. The van der Waals surface area contributed by atoms with Crippen LogP contribution in [-0.4, -0.2) is 23.7 Å². The predicted molar refractivity (Wildman–Crippen MR) is 72.4 cm³/mol. The number of rotatable bonds is 1. The Hall–Kier alpha value is -0.570. The summed E-state index contributed by atoms with van der Waals surface area (Å²) >= 11 is 0. The summed E-state index contributed by atoms with van der Waals surface area (Å²) in [6.45, 7) is 6.98. The molecule has 0 bridgehead atoms. The Kier molecular flexibility index (Phi) is 4.00. The molecule has 0 aromatic heterocycles. The van der Waals surface area contributed by atoms with Crippen LogP contribution in [0.3, 0.4) is 0 Å². The van der Waals surface area contributed by atoms with Crippen molar-refractivity contribution in [1.82, 2.24) is 5.32 Å². The Morgan fingerprint density at radius 3 is 2.33 bits per heavy atom. The second kappa shape index (κ2) is 5.20. The molecule has 1 aliphatic carbocycles. The minimum Gasteiger partial charge on any atom is -0.460 e.